The summed E-state index contributed by atoms with van der Waals surface area (Å²) < 4.78 is 0. The predicted octanol–water partition coefficient (Wildman–Crippen LogP) is 8.09. The molecule has 0 atom stereocenters. The molecule has 3 aromatic rings. The van der Waals surface area contributed by atoms with Crippen LogP contribution in [0.15, 0.2) is 133 Å². The molecule has 0 amide bonds. The van der Waals surface area contributed by atoms with Crippen LogP contribution in [-0.4, -0.2) is 12.2 Å². The Hall–Kier alpha value is -4.04. The van der Waals surface area contributed by atoms with E-state index in [9.17, 15) is 5.11 Å². The summed E-state index contributed by atoms with van der Waals surface area (Å²) in [5.41, 5.74) is 7.31. The fourth-order valence-electron chi connectivity index (χ4n) is 4.49. The molecule has 1 N–H and O–H groups in total. The highest BCUT2D eigenvalue weighted by molar-refractivity contribution is 5.83. The van der Waals surface area contributed by atoms with E-state index in [-0.39, 0.29) is 11.2 Å². The molecule has 170 valence electrons. The molecule has 0 saturated heterocycles. The SMILES string of the molecule is C=C(/C=C/C=C1/N(C)c2ccccc2C1(C)C)/C=C(\C=C(/O)c1ccccc1)c1ccccc1. The zero-order valence-corrected chi connectivity index (χ0v) is 20.1. The quantitative estimate of drug-likeness (QED) is 0.306. The third-order valence-corrected chi connectivity index (χ3v) is 6.31. The lowest BCUT2D eigenvalue weighted by atomic mass is 9.84. The highest BCUT2D eigenvalue weighted by atomic mass is 16.3. The van der Waals surface area contributed by atoms with Gasteiger partial charge in [-0.15, -0.1) is 0 Å². The van der Waals surface area contributed by atoms with Gasteiger partial charge in [0.1, 0.15) is 5.76 Å². The van der Waals surface area contributed by atoms with Crippen LogP contribution in [0.1, 0.15) is 30.5 Å². The summed E-state index contributed by atoms with van der Waals surface area (Å²) in [6.07, 6.45) is 10.0. The molecule has 4 rings (SSSR count). The first-order chi connectivity index (χ1) is 16.4. The summed E-state index contributed by atoms with van der Waals surface area (Å²) in [6, 6.07) is 28.2. The number of fused-ring (bicyclic) bond motifs is 1. The summed E-state index contributed by atoms with van der Waals surface area (Å²) in [4.78, 5) is 2.26. The Morgan fingerprint density at radius 1 is 0.824 bits per heavy atom. The maximum Gasteiger partial charge on any atom is 0.123 e. The number of hydrogen-bond donors (Lipinski definition) is 1. The molecule has 2 heteroatoms. The highest BCUT2D eigenvalue weighted by Crippen LogP contribution is 2.46. The summed E-state index contributed by atoms with van der Waals surface area (Å²) in [5.74, 6) is 0.224. The van der Waals surface area contributed by atoms with Gasteiger partial charge in [0, 0.05) is 29.4 Å². The zero-order chi connectivity index (χ0) is 24.1. The number of benzene rings is 3. The van der Waals surface area contributed by atoms with Crippen LogP contribution in [0.2, 0.25) is 0 Å². The van der Waals surface area contributed by atoms with E-state index in [0.29, 0.717) is 0 Å². The fourth-order valence-corrected chi connectivity index (χ4v) is 4.49. The van der Waals surface area contributed by atoms with Gasteiger partial charge in [-0.1, -0.05) is 111 Å². The van der Waals surface area contributed by atoms with Crippen molar-refractivity contribution in [1.82, 2.24) is 0 Å². The van der Waals surface area contributed by atoms with Gasteiger partial charge in [-0.25, -0.2) is 0 Å². The fraction of sp³-hybridized carbons (Fsp3) is 0.125. The molecule has 0 saturated carbocycles. The monoisotopic (exact) mass is 445 g/mol. The van der Waals surface area contributed by atoms with E-state index in [1.165, 1.54) is 16.9 Å². The normalized spacial score (nSPS) is 16.8. The van der Waals surface area contributed by atoms with Crippen LogP contribution in [0.5, 0.6) is 0 Å². The number of aliphatic hydroxyl groups is 1. The van der Waals surface area contributed by atoms with Crippen LogP contribution in [0.4, 0.5) is 5.69 Å². The van der Waals surface area contributed by atoms with E-state index in [0.717, 1.165) is 22.3 Å². The van der Waals surface area contributed by atoms with Gasteiger partial charge in [0.15, 0.2) is 0 Å². The van der Waals surface area contributed by atoms with E-state index in [4.69, 9.17) is 0 Å². The lowest BCUT2D eigenvalue weighted by Gasteiger charge is -2.23. The first-order valence-electron chi connectivity index (χ1n) is 11.5. The van der Waals surface area contributed by atoms with E-state index in [1.807, 2.05) is 72.8 Å². The summed E-state index contributed by atoms with van der Waals surface area (Å²) >= 11 is 0. The van der Waals surface area contributed by atoms with Crippen LogP contribution in [-0.2, 0) is 5.41 Å². The van der Waals surface area contributed by atoms with E-state index in [1.54, 1.807) is 6.08 Å². The lowest BCUT2D eigenvalue weighted by Crippen LogP contribution is -2.22. The molecular weight excluding hydrogens is 414 g/mol. The van der Waals surface area contributed by atoms with Crippen molar-refractivity contribution in [2.24, 2.45) is 0 Å². The molecule has 1 aliphatic rings. The molecule has 0 bridgehead atoms. The molecule has 0 unspecified atom stereocenters. The van der Waals surface area contributed by atoms with E-state index >= 15 is 0 Å². The molecular formula is C32H31NO. The summed E-state index contributed by atoms with van der Waals surface area (Å²) in [5, 5.41) is 10.7. The minimum atomic E-state index is -0.0632. The number of likely N-dealkylation sites (N-methyl/N-ethyl adjacent to an activating group) is 1. The summed E-state index contributed by atoms with van der Waals surface area (Å²) in [6.45, 7) is 8.76. The zero-order valence-electron chi connectivity index (χ0n) is 20.1. The van der Waals surface area contributed by atoms with Crippen LogP contribution in [0.3, 0.4) is 0 Å². The highest BCUT2D eigenvalue weighted by Gasteiger charge is 2.37. The average Bonchev–Trinajstić information content (AvgIpc) is 3.05. The van der Waals surface area contributed by atoms with Crippen molar-refractivity contribution >= 4 is 17.0 Å². The maximum atomic E-state index is 10.7. The Labute approximate surface area is 203 Å². The predicted molar refractivity (Wildman–Crippen MR) is 146 cm³/mol. The second-order valence-electron chi connectivity index (χ2n) is 9.05. The Kier molecular flexibility index (Phi) is 6.70. The van der Waals surface area contributed by atoms with Crippen LogP contribution >= 0.6 is 0 Å². The topological polar surface area (TPSA) is 23.5 Å². The Morgan fingerprint density at radius 2 is 1.41 bits per heavy atom. The number of nitrogens with zero attached hydrogens (tertiary/aromatic N) is 1. The van der Waals surface area contributed by atoms with Gasteiger partial charge in [0.2, 0.25) is 0 Å². The molecule has 3 aromatic carbocycles. The molecule has 0 radical (unpaired) electrons. The largest absolute Gasteiger partial charge is 0.507 e. The molecule has 34 heavy (non-hydrogen) atoms. The summed E-state index contributed by atoms with van der Waals surface area (Å²) in [7, 11) is 2.12. The van der Waals surface area contributed by atoms with Crippen LogP contribution in [0.25, 0.3) is 11.3 Å². The van der Waals surface area contributed by atoms with E-state index in [2.05, 4.69) is 68.8 Å². The van der Waals surface area contributed by atoms with Gasteiger partial charge in [-0.2, -0.15) is 0 Å². The smallest absolute Gasteiger partial charge is 0.123 e. The second kappa shape index (κ2) is 9.84. The number of aliphatic hydroxyl groups excluding tert-OH is 1. The van der Waals surface area contributed by atoms with Crippen molar-refractivity contribution in [3.05, 3.63) is 150 Å². The standard InChI is InChI=1S/C32H31NO/c1-24(14-13-21-31-32(2,3)28-19-11-12-20-29(28)33(31)4)22-27(25-15-7-5-8-16-25)23-30(34)26-17-9-6-10-18-26/h5-23,34H,1H2,2-4H3/b14-13+,27-22+,30-23-,31-21+. The Morgan fingerprint density at radius 3 is 2.06 bits per heavy atom. The molecule has 0 aromatic heterocycles. The van der Waals surface area contributed by atoms with Crippen LogP contribution in [0, 0.1) is 0 Å². The third kappa shape index (κ3) is 4.82. The molecule has 1 heterocycles. The van der Waals surface area contributed by atoms with Crippen molar-refractivity contribution in [2.75, 3.05) is 11.9 Å². The first-order valence-corrected chi connectivity index (χ1v) is 11.5. The van der Waals surface area contributed by atoms with Crippen LogP contribution < -0.4 is 4.90 Å². The molecule has 0 fully saturated rings. The minimum absolute atomic E-state index is 0.0632. The third-order valence-electron chi connectivity index (χ3n) is 6.31. The lowest BCUT2D eigenvalue weighted by molar-refractivity contribution is 0.512. The van der Waals surface area contributed by atoms with Gasteiger partial charge in [0.05, 0.1) is 0 Å². The van der Waals surface area contributed by atoms with Crippen molar-refractivity contribution < 1.29 is 5.11 Å². The number of rotatable bonds is 6. The number of anilines is 1. The molecule has 1 aliphatic heterocycles. The van der Waals surface area contributed by atoms with E-state index < -0.39 is 0 Å². The average molecular weight is 446 g/mol. The second-order valence-corrected chi connectivity index (χ2v) is 9.05. The van der Waals surface area contributed by atoms with Crippen molar-refractivity contribution in [3.8, 4) is 0 Å². The Bertz CT molecular complexity index is 1290. The van der Waals surface area contributed by atoms with Crippen molar-refractivity contribution in [1.29, 1.82) is 0 Å². The number of para-hydroxylation sites is 1. The molecule has 0 aliphatic carbocycles. The molecule has 0 spiro atoms. The first kappa shape index (κ1) is 23.1. The van der Waals surface area contributed by atoms with Crippen molar-refractivity contribution in [2.45, 2.75) is 19.3 Å². The minimum Gasteiger partial charge on any atom is -0.507 e. The number of hydrogen-bond acceptors (Lipinski definition) is 2. The van der Waals surface area contributed by atoms with Gasteiger partial charge in [-0.3, -0.25) is 0 Å². The van der Waals surface area contributed by atoms with Gasteiger partial charge in [-0.05, 0) is 46.6 Å². The van der Waals surface area contributed by atoms with Crippen molar-refractivity contribution in [3.63, 3.8) is 0 Å². The van der Waals surface area contributed by atoms with Gasteiger partial charge >= 0.3 is 0 Å². The molecule has 2 nitrogen and oxygen atoms in total. The maximum absolute atomic E-state index is 10.7. The Balaban J connectivity index is 1.61. The van der Waals surface area contributed by atoms with Gasteiger partial charge < -0.3 is 10.0 Å². The van der Waals surface area contributed by atoms with Gasteiger partial charge in [0.25, 0.3) is 0 Å². The number of allylic oxidation sites excluding steroid dienone is 8.